The van der Waals surface area contributed by atoms with Gasteiger partial charge in [-0.05, 0) is 48.6 Å². The van der Waals surface area contributed by atoms with Gasteiger partial charge in [0.05, 0.1) is 32.7 Å². The highest BCUT2D eigenvalue weighted by Crippen LogP contribution is 2.41. The summed E-state index contributed by atoms with van der Waals surface area (Å²) < 4.78 is 26.7. The van der Waals surface area contributed by atoms with E-state index < -0.39 is 0 Å². The molecule has 154 valence electrons. The first-order chi connectivity index (χ1) is 14.6. The Morgan fingerprint density at radius 3 is 2.43 bits per heavy atom. The van der Waals surface area contributed by atoms with Crippen LogP contribution < -0.4 is 23.7 Å². The van der Waals surface area contributed by atoms with Crippen molar-refractivity contribution in [1.82, 2.24) is 10.2 Å². The molecule has 4 rings (SSSR count). The Morgan fingerprint density at radius 1 is 1.00 bits per heavy atom. The molecule has 0 aliphatic carbocycles. The van der Waals surface area contributed by atoms with Gasteiger partial charge in [-0.25, -0.2) is 0 Å². The molecule has 0 amide bonds. The summed E-state index contributed by atoms with van der Waals surface area (Å²) in [5, 5.41) is 7.22. The molecule has 8 heteroatoms. The molecular formula is C22H20N2O6. The molecule has 2 aromatic carbocycles. The number of H-pyrrole nitrogens is 1. The number of aromatic nitrogens is 2. The monoisotopic (exact) mass is 408 g/mol. The summed E-state index contributed by atoms with van der Waals surface area (Å²) in [5.74, 6) is 2.63. The van der Waals surface area contributed by atoms with Crippen molar-refractivity contribution in [2.45, 2.75) is 0 Å². The van der Waals surface area contributed by atoms with Crippen molar-refractivity contribution in [3.8, 4) is 40.0 Å². The summed E-state index contributed by atoms with van der Waals surface area (Å²) in [5.41, 5.74) is 2.64. The van der Waals surface area contributed by atoms with E-state index in [4.69, 9.17) is 23.7 Å². The largest absolute Gasteiger partial charge is 0.493 e. The topological polar surface area (TPSA) is 91.9 Å². The second-order valence-electron chi connectivity index (χ2n) is 6.39. The lowest BCUT2D eigenvalue weighted by atomic mass is 10.1. The Hall–Kier alpha value is -3.94. The molecule has 3 aromatic rings. The number of fused-ring (bicyclic) bond motifs is 1. The van der Waals surface area contributed by atoms with Crippen LogP contribution in [0.1, 0.15) is 16.1 Å². The summed E-state index contributed by atoms with van der Waals surface area (Å²) in [6.07, 6.45) is 3.14. The maximum Gasteiger partial charge on any atom is 0.231 e. The van der Waals surface area contributed by atoms with Crippen LogP contribution in [0.15, 0.2) is 42.5 Å². The third-order valence-corrected chi connectivity index (χ3v) is 4.63. The van der Waals surface area contributed by atoms with Gasteiger partial charge in [0.1, 0.15) is 0 Å². The fourth-order valence-electron chi connectivity index (χ4n) is 3.11. The van der Waals surface area contributed by atoms with E-state index in [-0.39, 0.29) is 12.6 Å². The third-order valence-electron chi connectivity index (χ3n) is 4.63. The summed E-state index contributed by atoms with van der Waals surface area (Å²) in [6, 6.07) is 10.5. The molecule has 8 nitrogen and oxygen atoms in total. The number of ether oxygens (including phenoxy) is 5. The van der Waals surface area contributed by atoms with Gasteiger partial charge in [-0.15, -0.1) is 0 Å². The molecule has 1 N–H and O–H groups in total. The van der Waals surface area contributed by atoms with E-state index >= 15 is 0 Å². The molecule has 0 radical (unpaired) electrons. The van der Waals surface area contributed by atoms with Crippen LogP contribution in [0.2, 0.25) is 0 Å². The fourth-order valence-corrected chi connectivity index (χ4v) is 3.11. The fraction of sp³-hybridized carbons (Fsp3) is 0.182. The molecule has 0 spiro atoms. The van der Waals surface area contributed by atoms with Crippen LogP contribution in [-0.4, -0.2) is 44.1 Å². The minimum atomic E-state index is -0.155. The Morgan fingerprint density at radius 2 is 1.73 bits per heavy atom. The number of methoxy groups -OCH3 is 3. The molecule has 0 saturated heterocycles. The number of carbonyl (C=O) groups is 1. The summed E-state index contributed by atoms with van der Waals surface area (Å²) >= 11 is 0. The molecule has 0 unspecified atom stereocenters. The zero-order valence-corrected chi connectivity index (χ0v) is 16.7. The van der Waals surface area contributed by atoms with Crippen molar-refractivity contribution >= 4 is 11.9 Å². The molecule has 2 heterocycles. The maximum absolute atomic E-state index is 12.5. The van der Waals surface area contributed by atoms with E-state index in [9.17, 15) is 4.79 Å². The van der Waals surface area contributed by atoms with Crippen LogP contribution in [0, 0.1) is 0 Å². The number of hydrogen-bond donors (Lipinski definition) is 1. The van der Waals surface area contributed by atoms with Crippen molar-refractivity contribution in [2.75, 3.05) is 28.1 Å². The van der Waals surface area contributed by atoms with Crippen molar-refractivity contribution in [3.05, 3.63) is 53.7 Å². The molecular weight excluding hydrogens is 388 g/mol. The van der Waals surface area contributed by atoms with Crippen LogP contribution >= 0.6 is 0 Å². The van der Waals surface area contributed by atoms with Gasteiger partial charge in [0.25, 0.3) is 0 Å². The van der Waals surface area contributed by atoms with E-state index in [0.717, 1.165) is 5.56 Å². The number of rotatable bonds is 7. The lowest BCUT2D eigenvalue weighted by Gasteiger charge is -2.13. The van der Waals surface area contributed by atoms with Crippen LogP contribution in [0.5, 0.6) is 28.7 Å². The highest BCUT2D eigenvalue weighted by molar-refractivity contribution is 6.07. The Balaban J connectivity index is 1.55. The van der Waals surface area contributed by atoms with Crippen LogP contribution in [-0.2, 0) is 0 Å². The summed E-state index contributed by atoms with van der Waals surface area (Å²) in [7, 11) is 4.66. The van der Waals surface area contributed by atoms with Crippen molar-refractivity contribution in [2.24, 2.45) is 0 Å². The average Bonchev–Trinajstić information content (AvgIpc) is 3.45. The van der Waals surface area contributed by atoms with E-state index in [1.54, 1.807) is 45.6 Å². The highest BCUT2D eigenvalue weighted by Gasteiger charge is 2.16. The number of carbonyl (C=O) groups excluding carboxylic acids is 1. The van der Waals surface area contributed by atoms with Gasteiger partial charge in [-0.1, -0.05) is 0 Å². The SMILES string of the molecule is COc1cc(-c2cc(/C=C/C(=O)c3ccc4c(c3)OCO4)[nH]n2)cc(OC)c1OC. The van der Waals surface area contributed by atoms with Gasteiger partial charge >= 0.3 is 0 Å². The lowest BCUT2D eigenvalue weighted by molar-refractivity contribution is 0.104. The molecule has 0 bridgehead atoms. The van der Waals surface area contributed by atoms with E-state index in [0.29, 0.717) is 45.7 Å². The zero-order chi connectivity index (χ0) is 21.1. The van der Waals surface area contributed by atoms with Crippen LogP contribution in [0.4, 0.5) is 0 Å². The van der Waals surface area contributed by atoms with E-state index in [1.165, 1.54) is 6.08 Å². The smallest absolute Gasteiger partial charge is 0.231 e. The standard InChI is InChI=1S/C22H20N2O6/c1-26-20-9-14(10-21(27-2)22(20)28-3)16-11-15(23-24-16)5-6-17(25)13-4-7-18-19(8-13)30-12-29-18/h4-11H,12H2,1-3H3,(H,23,24)/b6-5+. The minimum absolute atomic E-state index is 0.155. The van der Waals surface area contributed by atoms with E-state index in [2.05, 4.69) is 10.2 Å². The van der Waals surface area contributed by atoms with Crippen molar-refractivity contribution in [3.63, 3.8) is 0 Å². The van der Waals surface area contributed by atoms with Crippen molar-refractivity contribution in [1.29, 1.82) is 0 Å². The summed E-state index contributed by atoms with van der Waals surface area (Å²) in [4.78, 5) is 12.5. The molecule has 1 aromatic heterocycles. The van der Waals surface area contributed by atoms with E-state index in [1.807, 2.05) is 18.2 Å². The van der Waals surface area contributed by atoms with Gasteiger partial charge in [0, 0.05) is 11.1 Å². The number of nitrogens with one attached hydrogen (secondary N) is 1. The summed E-state index contributed by atoms with van der Waals surface area (Å²) in [6.45, 7) is 0.167. The van der Waals surface area contributed by atoms with Gasteiger partial charge in [-0.2, -0.15) is 5.10 Å². The Labute approximate surface area is 173 Å². The van der Waals surface area contributed by atoms with Crippen LogP contribution in [0.3, 0.4) is 0 Å². The zero-order valence-electron chi connectivity index (χ0n) is 16.7. The quantitative estimate of drug-likeness (QED) is 0.470. The number of hydrogen-bond acceptors (Lipinski definition) is 7. The molecule has 0 saturated carbocycles. The number of aromatic amines is 1. The Bertz CT molecular complexity index is 1090. The third kappa shape index (κ3) is 3.67. The Kier molecular flexibility index (Phi) is 5.30. The maximum atomic E-state index is 12.5. The molecule has 0 atom stereocenters. The van der Waals surface area contributed by atoms with Crippen LogP contribution in [0.25, 0.3) is 17.3 Å². The van der Waals surface area contributed by atoms with Gasteiger partial charge in [0.15, 0.2) is 28.8 Å². The first-order valence-electron chi connectivity index (χ1n) is 9.10. The first kappa shape index (κ1) is 19.4. The first-order valence-corrected chi connectivity index (χ1v) is 9.10. The van der Waals surface area contributed by atoms with Crippen molar-refractivity contribution < 1.29 is 28.5 Å². The number of nitrogens with zero attached hydrogens (tertiary/aromatic N) is 1. The number of allylic oxidation sites excluding steroid dienone is 1. The number of ketones is 1. The second-order valence-corrected chi connectivity index (χ2v) is 6.39. The molecule has 0 fully saturated rings. The minimum Gasteiger partial charge on any atom is -0.493 e. The normalized spacial score (nSPS) is 12.2. The highest BCUT2D eigenvalue weighted by atomic mass is 16.7. The second kappa shape index (κ2) is 8.20. The van der Waals surface area contributed by atoms with Gasteiger partial charge in [-0.3, -0.25) is 9.89 Å². The lowest BCUT2D eigenvalue weighted by Crippen LogP contribution is -1.95. The molecule has 1 aliphatic heterocycles. The average molecular weight is 408 g/mol. The molecule has 1 aliphatic rings. The van der Waals surface area contributed by atoms with Gasteiger partial charge in [0.2, 0.25) is 12.5 Å². The molecule has 30 heavy (non-hydrogen) atoms. The van der Waals surface area contributed by atoms with Gasteiger partial charge < -0.3 is 23.7 Å². The predicted molar refractivity (Wildman–Crippen MR) is 110 cm³/mol. The predicted octanol–water partition coefficient (Wildman–Crippen LogP) is 3.73. The number of benzene rings is 2.